The van der Waals surface area contributed by atoms with E-state index in [4.69, 9.17) is 9.47 Å². The summed E-state index contributed by atoms with van der Waals surface area (Å²) >= 11 is 0. The molecule has 1 saturated heterocycles. The van der Waals surface area contributed by atoms with Crippen molar-refractivity contribution in [2.45, 2.75) is 51.4 Å². The van der Waals surface area contributed by atoms with Crippen LogP contribution in [0.15, 0.2) is 18.2 Å². The van der Waals surface area contributed by atoms with Crippen molar-refractivity contribution >= 4 is 11.8 Å². The number of carbonyl (C=O) groups is 2. The quantitative estimate of drug-likeness (QED) is 0.743. The minimum absolute atomic E-state index is 0.00804. The predicted molar refractivity (Wildman–Crippen MR) is 115 cm³/mol. The van der Waals surface area contributed by atoms with Crippen molar-refractivity contribution in [3.8, 4) is 11.5 Å². The molecule has 5 fully saturated rings. The second-order valence-electron chi connectivity index (χ2n) is 10.7. The molecule has 0 unspecified atom stereocenters. The SMILES string of the molecule is O=C(CC12CC3CC(CC(C3)C1)C2)N1CCCN(C(=O)c2ccc3c(c2)OCO3)CC1. The van der Waals surface area contributed by atoms with Crippen LogP contribution >= 0.6 is 0 Å². The zero-order chi connectivity index (χ0) is 21.0. The van der Waals surface area contributed by atoms with Crippen LogP contribution in [0.5, 0.6) is 11.5 Å². The molecule has 0 radical (unpaired) electrons. The highest BCUT2D eigenvalue weighted by atomic mass is 16.7. The molecule has 1 aromatic carbocycles. The van der Waals surface area contributed by atoms with Gasteiger partial charge in [-0.15, -0.1) is 0 Å². The number of nitrogens with zero attached hydrogens (tertiary/aromatic N) is 2. The standard InChI is InChI=1S/C25H32N2O4/c28-23(15-25-12-17-8-18(13-25)10-19(9-17)14-25)26-4-1-5-27(7-6-26)24(29)20-2-3-21-22(11-20)31-16-30-21/h2-3,11,17-19H,1,4-10,12-16H2. The Morgan fingerprint density at radius 2 is 1.52 bits per heavy atom. The fourth-order valence-corrected chi connectivity index (χ4v) is 7.52. The van der Waals surface area contributed by atoms with Crippen LogP contribution in [0.1, 0.15) is 61.7 Å². The molecule has 1 aromatic rings. The van der Waals surface area contributed by atoms with E-state index in [1.165, 1.54) is 38.5 Å². The van der Waals surface area contributed by atoms with Gasteiger partial charge >= 0.3 is 0 Å². The maximum absolute atomic E-state index is 13.3. The third-order valence-corrected chi connectivity index (χ3v) is 8.45. The van der Waals surface area contributed by atoms with Gasteiger partial charge in [0.1, 0.15) is 0 Å². The van der Waals surface area contributed by atoms with Gasteiger partial charge in [-0.25, -0.2) is 0 Å². The van der Waals surface area contributed by atoms with Crippen LogP contribution in [0, 0.1) is 23.2 Å². The Balaban J connectivity index is 1.09. The molecule has 2 amide bonds. The second kappa shape index (κ2) is 7.42. The monoisotopic (exact) mass is 424 g/mol. The maximum Gasteiger partial charge on any atom is 0.254 e. The number of fused-ring (bicyclic) bond motifs is 1. The molecule has 2 aliphatic heterocycles. The van der Waals surface area contributed by atoms with Gasteiger partial charge in [0.2, 0.25) is 12.7 Å². The summed E-state index contributed by atoms with van der Waals surface area (Å²) in [6.45, 7) is 2.89. The summed E-state index contributed by atoms with van der Waals surface area (Å²) in [6, 6.07) is 5.37. The molecule has 0 spiro atoms. The van der Waals surface area contributed by atoms with Crippen LogP contribution in [0.2, 0.25) is 0 Å². The van der Waals surface area contributed by atoms with E-state index in [0.29, 0.717) is 42.6 Å². The largest absolute Gasteiger partial charge is 0.454 e. The van der Waals surface area contributed by atoms with Crippen LogP contribution in [-0.4, -0.2) is 54.6 Å². The lowest BCUT2D eigenvalue weighted by molar-refractivity contribution is -0.139. The molecule has 7 rings (SSSR count). The van der Waals surface area contributed by atoms with Crippen LogP contribution in [-0.2, 0) is 4.79 Å². The zero-order valence-corrected chi connectivity index (χ0v) is 18.2. The lowest BCUT2D eigenvalue weighted by Gasteiger charge is -2.57. The van der Waals surface area contributed by atoms with Gasteiger partial charge in [-0.1, -0.05) is 0 Å². The molecule has 6 aliphatic rings. The summed E-state index contributed by atoms with van der Waals surface area (Å²) in [7, 11) is 0. The van der Waals surface area contributed by atoms with E-state index in [-0.39, 0.29) is 18.1 Å². The summed E-state index contributed by atoms with van der Waals surface area (Å²) < 4.78 is 10.8. The van der Waals surface area contributed by atoms with E-state index in [0.717, 1.165) is 37.1 Å². The van der Waals surface area contributed by atoms with Crippen molar-refractivity contribution in [2.24, 2.45) is 23.2 Å². The van der Waals surface area contributed by atoms with Crippen molar-refractivity contribution in [3.05, 3.63) is 23.8 Å². The zero-order valence-electron chi connectivity index (χ0n) is 18.2. The normalized spacial score (nSPS) is 33.5. The topological polar surface area (TPSA) is 59.1 Å². The minimum Gasteiger partial charge on any atom is -0.454 e. The highest BCUT2D eigenvalue weighted by Crippen LogP contribution is 2.61. The van der Waals surface area contributed by atoms with E-state index in [2.05, 4.69) is 0 Å². The van der Waals surface area contributed by atoms with Crippen molar-refractivity contribution in [2.75, 3.05) is 33.0 Å². The number of benzene rings is 1. The Bertz CT molecular complexity index is 862. The summed E-state index contributed by atoms with van der Waals surface area (Å²) in [5, 5.41) is 0. The molecule has 0 atom stereocenters. The highest BCUT2D eigenvalue weighted by Gasteiger charge is 2.51. The number of hydrogen-bond acceptors (Lipinski definition) is 4. The van der Waals surface area contributed by atoms with Crippen molar-refractivity contribution < 1.29 is 19.1 Å². The fourth-order valence-electron chi connectivity index (χ4n) is 7.52. The van der Waals surface area contributed by atoms with Crippen LogP contribution in [0.4, 0.5) is 0 Å². The van der Waals surface area contributed by atoms with Gasteiger partial charge < -0.3 is 19.3 Å². The van der Waals surface area contributed by atoms with Crippen LogP contribution < -0.4 is 9.47 Å². The summed E-state index contributed by atoms with van der Waals surface area (Å²) in [5.41, 5.74) is 0.901. The first-order valence-electron chi connectivity index (χ1n) is 12.0. The molecular weight excluding hydrogens is 392 g/mol. The smallest absolute Gasteiger partial charge is 0.254 e. The number of carbonyl (C=O) groups excluding carboxylic acids is 2. The molecule has 166 valence electrons. The molecule has 0 N–H and O–H groups in total. The van der Waals surface area contributed by atoms with Crippen molar-refractivity contribution in [1.82, 2.24) is 9.80 Å². The van der Waals surface area contributed by atoms with Gasteiger partial charge in [-0.3, -0.25) is 9.59 Å². The molecule has 0 aromatic heterocycles. The van der Waals surface area contributed by atoms with Gasteiger partial charge in [0, 0.05) is 38.2 Å². The molecule has 4 aliphatic carbocycles. The Labute approximate surface area is 183 Å². The van der Waals surface area contributed by atoms with Gasteiger partial charge in [0.15, 0.2) is 11.5 Å². The molecular formula is C25H32N2O4. The number of hydrogen-bond donors (Lipinski definition) is 0. The first-order chi connectivity index (χ1) is 15.1. The van der Waals surface area contributed by atoms with Gasteiger partial charge in [0.05, 0.1) is 0 Å². The predicted octanol–water partition coefficient (Wildman–Crippen LogP) is 3.70. The Morgan fingerprint density at radius 1 is 0.871 bits per heavy atom. The highest BCUT2D eigenvalue weighted by molar-refractivity contribution is 5.95. The van der Waals surface area contributed by atoms with Gasteiger partial charge in [-0.05, 0) is 86.3 Å². The molecule has 6 heteroatoms. The lowest BCUT2D eigenvalue weighted by atomic mass is 9.49. The summed E-state index contributed by atoms with van der Waals surface area (Å²) in [6.07, 6.45) is 9.61. The van der Waals surface area contributed by atoms with E-state index in [9.17, 15) is 9.59 Å². The average Bonchev–Trinajstić information content (AvgIpc) is 3.06. The first-order valence-corrected chi connectivity index (χ1v) is 12.0. The summed E-state index contributed by atoms with van der Waals surface area (Å²) in [4.78, 5) is 30.3. The summed E-state index contributed by atoms with van der Waals surface area (Å²) in [5.74, 6) is 4.27. The maximum atomic E-state index is 13.3. The number of amides is 2. The van der Waals surface area contributed by atoms with E-state index >= 15 is 0 Å². The van der Waals surface area contributed by atoms with Gasteiger partial charge in [0.25, 0.3) is 5.91 Å². The lowest BCUT2D eigenvalue weighted by Crippen LogP contribution is -2.48. The Kier molecular flexibility index (Phi) is 4.65. The first kappa shape index (κ1) is 19.4. The van der Waals surface area contributed by atoms with E-state index < -0.39 is 0 Å². The molecule has 6 nitrogen and oxygen atoms in total. The third-order valence-electron chi connectivity index (χ3n) is 8.45. The minimum atomic E-state index is 0.00804. The average molecular weight is 425 g/mol. The Morgan fingerprint density at radius 3 is 2.26 bits per heavy atom. The second-order valence-corrected chi connectivity index (χ2v) is 10.7. The van der Waals surface area contributed by atoms with Crippen molar-refractivity contribution in [3.63, 3.8) is 0 Å². The van der Waals surface area contributed by atoms with Crippen molar-refractivity contribution in [1.29, 1.82) is 0 Å². The van der Waals surface area contributed by atoms with Crippen LogP contribution in [0.3, 0.4) is 0 Å². The molecule has 31 heavy (non-hydrogen) atoms. The fraction of sp³-hybridized carbons (Fsp3) is 0.680. The number of ether oxygens (including phenoxy) is 2. The van der Waals surface area contributed by atoms with E-state index in [1.54, 1.807) is 18.2 Å². The number of rotatable bonds is 3. The third kappa shape index (κ3) is 3.58. The van der Waals surface area contributed by atoms with Gasteiger partial charge in [-0.2, -0.15) is 0 Å². The van der Waals surface area contributed by atoms with E-state index in [1.807, 2.05) is 9.80 Å². The molecule has 4 saturated carbocycles. The molecule has 2 heterocycles. The Hall–Kier alpha value is -2.24. The van der Waals surface area contributed by atoms with Crippen LogP contribution in [0.25, 0.3) is 0 Å². The molecule has 4 bridgehead atoms.